The van der Waals surface area contributed by atoms with Gasteiger partial charge in [0.15, 0.2) is 0 Å². The molecule has 150 valence electrons. The van der Waals surface area contributed by atoms with Gasteiger partial charge in [0.05, 0.1) is 28.9 Å². The molecule has 1 N–H and O–H groups in total. The lowest BCUT2D eigenvalue weighted by molar-refractivity contribution is -0.131. The van der Waals surface area contributed by atoms with Gasteiger partial charge in [-0.1, -0.05) is 18.2 Å². The summed E-state index contributed by atoms with van der Waals surface area (Å²) in [5.74, 6) is 0.675. The summed E-state index contributed by atoms with van der Waals surface area (Å²) in [5, 5.41) is 3.87. The van der Waals surface area contributed by atoms with E-state index in [1.807, 2.05) is 23.1 Å². The number of carbonyl (C=O) groups excluding carboxylic acids is 2. The zero-order valence-electron chi connectivity index (χ0n) is 16.3. The third-order valence-electron chi connectivity index (χ3n) is 5.24. The molecule has 1 saturated heterocycles. The van der Waals surface area contributed by atoms with Crippen LogP contribution in [-0.2, 0) is 4.79 Å². The second-order valence-electron chi connectivity index (χ2n) is 7.09. The van der Waals surface area contributed by atoms with Gasteiger partial charge >= 0.3 is 0 Å². The van der Waals surface area contributed by atoms with Crippen LogP contribution in [0.15, 0.2) is 48.5 Å². The summed E-state index contributed by atoms with van der Waals surface area (Å²) < 4.78 is 6.34. The van der Waals surface area contributed by atoms with Crippen LogP contribution < -0.4 is 10.1 Å². The first kappa shape index (κ1) is 19.4. The Bertz CT molecular complexity index is 992. The Labute approximate surface area is 173 Å². The molecule has 1 aromatic heterocycles. The molecular weight excluding hydrogens is 386 g/mol. The van der Waals surface area contributed by atoms with Gasteiger partial charge in [0.1, 0.15) is 5.75 Å². The number of para-hydroxylation sites is 1. The van der Waals surface area contributed by atoms with Gasteiger partial charge in [-0.25, -0.2) is 4.98 Å². The number of hydrogen-bond acceptors (Lipinski definition) is 5. The predicted octanol–water partition coefficient (Wildman–Crippen LogP) is 3.44. The highest BCUT2D eigenvalue weighted by molar-refractivity contribution is 7.18. The van der Waals surface area contributed by atoms with Crippen LogP contribution in [-0.4, -0.2) is 48.4 Å². The molecule has 1 fully saturated rings. The highest BCUT2D eigenvalue weighted by Gasteiger charge is 2.26. The van der Waals surface area contributed by atoms with Crippen molar-refractivity contribution < 1.29 is 14.3 Å². The fourth-order valence-electron chi connectivity index (χ4n) is 3.57. The molecule has 4 rings (SSSR count). The number of likely N-dealkylation sites (tertiary alicyclic amines) is 1. The number of hydrogen-bond donors (Lipinski definition) is 1. The van der Waals surface area contributed by atoms with Crippen LogP contribution in [0, 0.1) is 0 Å². The van der Waals surface area contributed by atoms with E-state index in [2.05, 4.69) is 11.4 Å². The monoisotopic (exact) mass is 409 g/mol. The summed E-state index contributed by atoms with van der Waals surface area (Å²) in [4.78, 5) is 31.4. The lowest BCUT2D eigenvalue weighted by Gasteiger charge is -2.31. The second-order valence-corrected chi connectivity index (χ2v) is 8.15. The van der Waals surface area contributed by atoms with Gasteiger partial charge < -0.3 is 15.0 Å². The third kappa shape index (κ3) is 4.40. The maximum atomic E-state index is 12.5. The topological polar surface area (TPSA) is 71.5 Å². The Hall–Kier alpha value is -2.93. The Morgan fingerprint density at radius 2 is 1.97 bits per heavy atom. The number of amides is 2. The largest absolute Gasteiger partial charge is 0.497 e. The fraction of sp³-hybridized carbons (Fsp3) is 0.318. The second kappa shape index (κ2) is 8.61. The highest BCUT2D eigenvalue weighted by Crippen LogP contribution is 2.33. The SMILES string of the molecule is COc1cccc(C(=O)NCC(=O)N2CCC(c3nc4ccccc4s3)CC2)c1. The first-order valence-electron chi connectivity index (χ1n) is 9.69. The molecule has 1 aliphatic heterocycles. The number of nitrogens with one attached hydrogen (secondary N) is 1. The summed E-state index contributed by atoms with van der Waals surface area (Å²) >= 11 is 1.75. The molecule has 2 aromatic carbocycles. The minimum absolute atomic E-state index is 0.00183. The Kier molecular flexibility index (Phi) is 5.76. The molecule has 3 aromatic rings. The number of piperidine rings is 1. The lowest BCUT2D eigenvalue weighted by Crippen LogP contribution is -2.43. The van der Waals surface area contributed by atoms with E-state index < -0.39 is 0 Å². The maximum Gasteiger partial charge on any atom is 0.251 e. The zero-order chi connectivity index (χ0) is 20.2. The van der Waals surface area contributed by atoms with Crippen LogP contribution in [0.3, 0.4) is 0 Å². The molecule has 0 spiro atoms. The zero-order valence-corrected chi connectivity index (χ0v) is 17.1. The number of benzene rings is 2. The van der Waals surface area contributed by atoms with Gasteiger partial charge in [-0.15, -0.1) is 11.3 Å². The third-order valence-corrected chi connectivity index (χ3v) is 6.44. The van der Waals surface area contributed by atoms with E-state index >= 15 is 0 Å². The average molecular weight is 410 g/mol. The molecule has 0 radical (unpaired) electrons. The Morgan fingerprint density at radius 3 is 2.72 bits per heavy atom. The van der Waals surface area contributed by atoms with E-state index in [-0.39, 0.29) is 18.4 Å². The van der Waals surface area contributed by atoms with Gasteiger partial charge in [0.2, 0.25) is 5.91 Å². The first-order valence-corrected chi connectivity index (χ1v) is 10.5. The van der Waals surface area contributed by atoms with Crippen molar-refractivity contribution >= 4 is 33.4 Å². The molecule has 0 bridgehead atoms. The van der Waals surface area contributed by atoms with Crippen LogP contribution >= 0.6 is 11.3 Å². The fourth-order valence-corrected chi connectivity index (χ4v) is 4.71. The normalized spacial score (nSPS) is 14.7. The van der Waals surface area contributed by atoms with Gasteiger partial charge in [-0.2, -0.15) is 0 Å². The lowest BCUT2D eigenvalue weighted by atomic mass is 9.97. The minimum atomic E-state index is -0.276. The number of nitrogens with zero attached hydrogens (tertiary/aromatic N) is 2. The summed E-state index contributed by atoms with van der Waals surface area (Å²) in [6.45, 7) is 1.38. The van der Waals surface area contributed by atoms with Crippen molar-refractivity contribution in [2.45, 2.75) is 18.8 Å². The number of thiazole rings is 1. The molecular formula is C22H23N3O3S. The molecule has 2 amide bonds. The van der Waals surface area contributed by atoms with Crippen LogP contribution in [0.2, 0.25) is 0 Å². The highest BCUT2D eigenvalue weighted by atomic mass is 32.1. The smallest absolute Gasteiger partial charge is 0.251 e. The summed E-state index contributed by atoms with van der Waals surface area (Å²) in [5.41, 5.74) is 1.53. The molecule has 2 heterocycles. The molecule has 6 nitrogen and oxygen atoms in total. The van der Waals surface area contributed by atoms with E-state index in [0.717, 1.165) is 23.4 Å². The van der Waals surface area contributed by atoms with Gasteiger partial charge in [0, 0.05) is 24.6 Å². The van der Waals surface area contributed by atoms with E-state index in [0.29, 0.717) is 30.3 Å². The van der Waals surface area contributed by atoms with Crippen molar-refractivity contribution in [3.8, 4) is 5.75 Å². The molecule has 7 heteroatoms. The first-order chi connectivity index (χ1) is 14.1. The Balaban J connectivity index is 1.29. The van der Waals surface area contributed by atoms with E-state index in [1.165, 1.54) is 4.70 Å². The number of fused-ring (bicyclic) bond motifs is 1. The number of carbonyl (C=O) groups is 2. The number of rotatable bonds is 5. The standard InChI is InChI=1S/C22H23N3O3S/c1-28-17-6-4-5-16(13-17)21(27)23-14-20(26)25-11-9-15(10-12-25)22-24-18-7-2-3-8-19(18)29-22/h2-8,13,15H,9-12,14H2,1H3,(H,23,27). The predicted molar refractivity (Wildman–Crippen MR) is 114 cm³/mol. The van der Waals surface area contributed by atoms with Gasteiger partial charge in [-0.05, 0) is 43.2 Å². The van der Waals surface area contributed by atoms with E-state index in [9.17, 15) is 9.59 Å². The van der Waals surface area contributed by atoms with Crippen LogP contribution in [0.4, 0.5) is 0 Å². The van der Waals surface area contributed by atoms with E-state index in [1.54, 1.807) is 42.7 Å². The molecule has 0 unspecified atom stereocenters. The van der Waals surface area contributed by atoms with Crippen LogP contribution in [0.1, 0.15) is 34.1 Å². The van der Waals surface area contributed by atoms with Crippen LogP contribution in [0.5, 0.6) is 5.75 Å². The molecule has 0 atom stereocenters. The van der Waals surface area contributed by atoms with Gasteiger partial charge in [0.25, 0.3) is 5.91 Å². The number of ether oxygens (including phenoxy) is 1. The van der Waals surface area contributed by atoms with Crippen molar-refractivity contribution in [1.82, 2.24) is 15.2 Å². The van der Waals surface area contributed by atoms with Crippen molar-refractivity contribution in [1.29, 1.82) is 0 Å². The molecule has 0 saturated carbocycles. The van der Waals surface area contributed by atoms with Crippen molar-refractivity contribution in [2.75, 3.05) is 26.7 Å². The summed E-state index contributed by atoms with van der Waals surface area (Å²) in [7, 11) is 1.55. The van der Waals surface area contributed by atoms with Crippen LogP contribution in [0.25, 0.3) is 10.2 Å². The summed E-state index contributed by atoms with van der Waals surface area (Å²) in [6.07, 6.45) is 1.80. The van der Waals surface area contributed by atoms with Crippen molar-refractivity contribution in [3.63, 3.8) is 0 Å². The number of methoxy groups -OCH3 is 1. The van der Waals surface area contributed by atoms with Gasteiger partial charge in [-0.3, -0.25) is 9.59 Å². The molecule has 0 aliphatic carbocycles. The molecule has 1 aliphatic rings. The summed E-state index contributed by atoms with van der Waals surface area (Å²) in [6, 6.07) is 15.1. The van der Waals surface area contributed by atoms with E-state index in [4.69, 9.17) is 9.72 Å². The molecule has 29 heavy (non-hydrogen) atoms. The minimum Gasteiger partial charge on any atom is -0.497 e. The van der Waals surface area contributed by atoms with Crippen molar-refractivity contribution in [3.05, 3.63) is 59.1 Å². The van der Waals surface area contributed by atoms with Crippen molar-refractivity contribution in [2.24, 2.45) is 0 Å². The Morgan fingerprint density at radius 1 is 1.17 bits per heavy atom. The number of aromatic nitrogens is 1. The quantitative estimate of drug-likeness (QED) is 0.701. The maximum absolute atomic E-state index is 12.5. The average Bonchev–Trinajstić information content (AvgIpc) is 3.21.